The second-order valence-electron chi connectivity index (χ2n) is 8.30. The molecule has 0 aliphatic rings. The van der Waals surface area contributed by atoms with Crippen molar-refractivity contribution in [2.24, 2.45) is 0 Å². The number of thioether (sulfide) groups is 1. The van der Waals surface area contributed by atoms with Gasteiger partial charge in [0.15, 0.2) is 10.9 Å². The lowest BCUT2D eigenvalue weighted by atomic mass is 10.1. The minimum absolute atomic E-state index is 0.0131. The van der Waals surface area contributed by atoms with Gasteiger partial charge in [-0.2, -0.15) is 0 Å². The van der Waals surface area contributed by atoms with Gasteiger partial charge in [-0.15, -0.1) is 10.2 Å². The number of ketones is 1. The fraction of sp³-hybridized carbons (Fsp3) is 0.111. The summed E-state index contributed by atoms with van der Waals surface area (Å²) in [6.45, 7) is 0.272. The van der Waals surface area contributed by atoms with E-state index in [4.69, 9.17) is 4.74 Å². The van der Waals surface area contributed by atoms with Gasteiger partial charge in [-0.05, 0) is 24.3 Å². The van der Waals surface area contributed by atoms with Gasteiger partial charge in [-0.3, -0.25) is 18.6 Å². The number of Topliss-reactive ketones (excluding diaryl/α,β-unsaturated/α-hetero) is 1. The summed E-state index contributed by atoms with van der Waals surface area (Å²) < 4.78 is 8.93. The number of rotatable bonds is 7. The van der Waals surface area contributed by atoms with E-state index >= 15 is 0 Å². The van der Waals surface area contributed by atoms with Crippen LogP contribution in [0.5, 0.6) is 5.75 Å². The number of para-hydroxylation sites is 3. The highest BCUT2D eigenvalue weighted by molar-refractivity contribution is 7.99. The standard InChI is InChI=1S/C27H21N5O3S/c1-35-24-13-7-2-8-17(24)15-31-25(34)19-10-4-6-12-22(19)32-26(31)29-30-27(32)36-16-23(33)20-14-28-21-11-5-3-9-18(20)21/h2-14,28H,15-16H2,1H3. The first-order valence-corrected chi connectivity index (χ1v) is 12.3. The number of aromatic amines is 1. The molecule has 8 nitrogen and oxygen atoms in total. The van der Waals surface area contributed by atoms with Crippen LogP contribution >= 0.6 is 11.8 Å². The number of hydrogen-bond donors (Lipinski definition) is 1. The molecule has 36 heavy (non-hydrogen) atoms. The van der Waals surface area contributed by atoms with Crippen molar-refractivity contribution in [1.29, 1.82) is 0 Å². The van der Waals surface area contributed by atoms with Crippen LogP contribution in [0.4, 0.5) is 0 Å². The monoisotopic (exact) mass is 495 g/mol. The third kappa shape index (κ3) is 3.64. The number of carbonyl (C=O) groups excluding carboxylic acids is 1. The summed E-state index contributed by atoms with van der Waals surface area (Å²) in [5.74, 6) is 1.27. The van der Waals surface area contributed by atoms with Crippen molar-refractivity contribution in [2.45, 2.75) is 11.7 Å². The molecule has 0 amide bonds. The van der Waals surface area contributed by atoms with E-state index < -0.39 is 0 Å². The molecule has 3 aromatic heterocycles. The van der Waals surface area contributed by atoms with E-state index in [2.05, 4.69) is 15.2 Å². The third-order valence-electron chi connectivity index (χ3n) is 6.22. The molecule has 0 saturated heterocycles. The molecule has 178 valence electrons. The van der Waals surface area contributed by atoms with E-state index in [0.717, 1.165) is 16.5 Å². The Balaban J connectivity index is 1.42. The zero-order valence-corrected chi connectivity index (χ0v) is 20.2. The summed E-state index contributed by atoms with van der Waals surface area (Å²) in [4.78, 5) is 29.7. The molecule has 6 aromatic rings. The normalized spacial score (nSPS) is 11.5. The van der Waals surface area contributed by atoms with E-state index in [1.807, 2.05) is 71.1 Å². The van der Waals surface area contributed by atoms with Crippen LogP contribution in [0.2, 0.25) is 0 Å². The van der Waals surface area contributed by atoms with E-state index in [0.29, 0.717) is 33.1 Å². The molecule has 0 bridgehead atoms. The Morgan fingerprint density at radius 2 is 1.72 bits per heavy atom. The number of fused-ring (bicyclic) bond motifs is 4. The van der Waals surface area contributed by atoms with Gasteiger partial charge >= 0.3 is 0 Å². The van der Waals surface area contributed by atoms with E-state index in [9.17, 15) is 9.59 Å². The molecule has 0 saturated carbocycles. The van der Waals surface area contributed by atoms with Crippen LogP contribution in [0.25, 0.3) is 27.6 Å². The number of aromatic nitrogens is 5. The van der Waals surface area contributed by atoms with Crippen LogP contribution in [-0.2, 0) is 6.54 Å². The summed E-state index contributed by atoms with van der Waals surface area (Å²) in [6, 6.07) is 22.7. The lowest BCUT2D eigenvalue weighted by Gasteiger charge is -2.13. The molecule has 1 N–H and O–H groups in total. The number of methoxy groups -OCH3 is 1. The van der Waals surface area contributed by atoms with Crippen molar-refractivity contribution in [3.8, 4) is 5.75 Å². The molecule has 9 heteroatoms. The first-order chi connectivity index (χ1) is 17.7. The Morgan fingerprint density at radius 1 is 0.972 bits per heavy atom. The van der Waals surface area contributed by atoms with Gasteiger partial charge in [0.25, 0.3) is 5.56 Å². The number of nitrogens with one attached hydrogen (secondary N) is 1. The van der Waals surface area contributed by atoms with Crippen molar-refractivity contribution in [3.05, 3.63) is 100 Å². The van der Waals surface area contributed by atoms with Gasteiger partial charge in [0.1, 0.15) is 5.75 Å². The van der Waals surface area contributed by atoms with Gasteiger partial charge < -0.3 is 9.72 Å². The van der Waals surface area contributed by atoms with Crippen molar-refractivity contribution in [2.75, 3.05) is 12.9 Å². The maximum atomic E-state index is 13.5. The molecule has 6 rings (SSSR count). The molecule has 0 spiro atoms. The highest BCUT2D eigenvalue weighted by atomic mass is 32.2. The second kappa shape index (κ2) is 9.01. The number of benzene rings is 3. The minimum Gasteiger partial charge on any atom is -0.496 e. The summed E-state index contributed by atoms with van der Waals surface area (Å²) in [5.41, 5.74) is 2.95. The van der Waals surface area contributed by atoms with E-state index in [1.165, 1.54) is 11.8 Å². The first kappa shape index (κ1) is 22.1. The number of carbonyl (C=O) groups is 1. The largest absolute Gasteiger partial charge is 0.496 e. The number of hydrogen-bond acceptors (Lipinski definition) is 6. The smallest absolute Gasteiger partial charge is 0.263 e. The molecule has 0 radical (unpaired) electrons. The lowest BCUT2D eigenvalue weighted by molar-refractivity contribution is 0.102. The van der Waals surface area contributed by atoms with E-state index in [1.54, 1.807) is 23.9 Å². The predicted molar refractivity (Wildman–Crippen MR) is 140 cm³/mol. The maximum absolute atomic E-state index is 13.5. The zero-order valence-electron chi connectivity index (χ0n) is 19.3. The quantitative estimate of drug-likeness (QED) is 0.258. The van der Waals surface area contributed by atoms with Gasteiger partial charge in [0.05, 0.1) is 30.3 Å². The zero-order chi connectivity index (χ0) is 24.6. The Kier molecular flexibility index (Phi) is 5.54. The van der Waals surface area contributed by atoms with Gasteiger partial charge in [0, 0.05) is 28.2 Å². The van der Waals surface area contributed by atoms with Gasteiger partial charge in [-0.1, -0.05) is 60.3 Å². The molecule has 0 aliphatic heterocycles. The highest BCUT2D eigenvalue weighted by Gasteiger charge is 2.20. The molecule has 3 aromatic carbocycles. The predicted octanol–water partition coefficient (Wildman–Crippen LogP) is 4.56. The van der Waals surface area contributed by atoms with Crippen LogP contribution in [0.3, 0.4) is 0 Å². The Labute approximate surface area is 209 Å². The van der Waals surface area contributed by atoms with Crippen LogP contribution in [0.15, 0.2) is 88.9 Å². The fourth-order valence-corrected chi connectivity index (χ4v) is 5.31. The van der Waals surface area contributed by atoms with Gasteiger partial charge in [-0.25, -0.2) is 0 Å². The third-order valence-corrected chi connectivity index (χ3v) is 7.15. The summed E-state index contributed by atoms with van der Waals surface area (Å²) in [7, 11) is 1.61. The Morgan fingerprint density at radius 3 is 2.58 bits per heavy atom. The molecular formula is C27H21N5O3S. The van der Waals surface area contributed by atoms with Crippen molar-refractivity contribution in [1.82, 2.24) is 24.1 Å². The second-order valence-corrected chi connectivity index (χ2v) is 9.24. The SMILES string of the molecule is COc1ccccc1Cn1c(=O)c2ccccc2n2c(SCC(=O)c3c[nH]c4ccccc34)nnc12. The first-order valence-electron chi connectivity index (χ1n) is 11.4. The minimum atomic E-state index is -0.164. The lowest BCUT2D eigenvalue weighted by Crippen LogP contribution is -2.24. The maximum Gasteiger partial charge on any atom is 0.263 e. The molecule has 0 fully saturated rings. The number of nitrogens with zero attached hydrogens (tertiary/aromatic N) is 4. The average molecular weight is 496 g/mol. The van der Waals surface area contributed by atoms with Crippen LogP contribution in [-0.4, -0.2) is 42.8 Å². The molecule has 0 unspecified atom stereocenters. The Hall–Kier alpha value is -4.37. The van der Waals surface area contributed by atoms with Crippen molar-refractivity contribution in [3.63, 3.8) is 0 Å². The highest BCUT2D eigenvalue weighted by Crippen LogP contribution is 2.26. The van der Waals surface area contributed by atoms with E-state index in [-0.39, 0.29) is 23.6 Å². The molecular weight excluding hydrogens is 474 g/mol. The molecule has 0 atom stereocenters. The average Bonchev–Trinajstić information content (AvgIpc) is 3.55. The Bertz CT molecular complexity index is 1820. The molecule has 0 aliphatic carbocycles. The van der Waals surface area contributed by atoms with Crippen molar-refractivity contribution >= 4 is 45.1 Å². The summed E-state index contributed by atoms with van der Waals surface area (Å²) in [6.07, 6.45) is 1.75. The van der Waals surface area contributed by atoms with Crippen molar-refractivity contribution < 1.29 is 9.53 Å². The van der Waals surface area contributed by atoms with Crippen LogP contribution < -0.4 is 10.3 Å². The molecule has 3 heterocycles. The summed E-state index contributed by atoms with van der Waals surface area (Å²) in [5, 5.41) is 10.7. The van der Waals surface area contributed by atoms with Gasteiger partial charge in [0.2, 0.25) is 5.78 Å². The summed E-state index contributed by atoms with van der Waals surface area (Å²) >= 11 is 1.30. The fourth-order valence-electron chi connectivity index (χ4n) is 4.48. The van der Waals surface area contributed by atoms with Crippen LogP contribution in [0.1, 0.15) is 15.9 Å². The number of H-pyrrole nitrogens is 1. The number of ether oxygens (including phenoxy) is 1. The topological polar surface area (TPSA) is 94.3 Å². The van der Waals surface area contributed by atoms with Crippen LogP contribution in [0, 0.1) is 0 Å².